The van der Waals surface area contributed by atoms with Gasteiger partial charge in [-0.05, 0) is 36.7 Å². The molecular weight excluding hydrogens is 246 g/mol. The third-order valence-electron chi connectivity index (χ3n) is 2.84. The van der Waals surface area contributed by atoms with Crippen LogP contribution in [0.1, 0.15) is 29.8 Å². The Morgan fingerprint density at radius 1 is 1.33 bits per heavy atom. The van der Waals surface area contributed by atoms with Gasteiger partial charge in [-0.15, -0.1) is 0 Å². The monoisotopic (exact) mass is 261 g/mol. The summed E-state index contributed by atoms with van der Waals surface area (Å²) in [5.41, 5.74) is 3.15. The Morgan fingerprint density at radius 2 is 2.17 bits per heavy atom. The number of rotatable bonds is 4. The molecule has 1 aromatic carbocycles. The number of aryl methyl sites for hydroxylation is 1. The predicted octanol–water partition coefficient (Wildman–Crippen LogP) is 3.14. The highest BCUT2D eigenvalue weighted by Crippen LogP contribution is 2.24. The second-order valence-corrected chi connectivity index (χ2v) is 4.54. The maximum Gasteiger partial charge on any atom is 0.115 e. The minimum atomic E-state index is 0.0519. The van der Waals surface area contributed by atoms with Crippen LogP contribution >= 0.6 is 11.6 Å². The summed E-state index contributed by atoms with van der Waals surface area (Å²) in [4.78, 5) is 8.26. The van der Waals surface area contributed by atoms with Gasteiger partial charge in [-0.3, -0.25) is 0 Å². The van der Waals surface area contributed by atoms with Gasteiger partial charge >= 0.3 is 0 Å². The quantitative estimate of drug-likeness (QED) is 0.919. The topological polar surface area (TPSA) is 37.8 Å². The van der Waals surface area contributed by atoms with Crippen molar-refractivity contribution in [2.45, 2.75) is 19.9 Å². The Balaban J connectivity index is 2.38. The van der Waals surface area contributed by atoms with Crippen LogP contribution < -0.4 is 5.32 Å². The molecule has 0 spiro atoms. The van der Waals surface area contributed by atoms with E-state index in [4.69, 9.17) is 11.6 Å². The van der Waals surface area contributed by atoms with E-state index in [0.717, 1.165) is 28.4 Å². The summed E-state index contributed by atoms with van der Waals surface area (Å²) in [5, 5.41) is 4.19. The van der Waals surface area contributed by atoms with Crippen molar-refractivity contribution in [1.82, 2.24) is 15.3 Å². The zero-order chi connectivity index (χ0) is 13.0. The minimum Gasteiger partial charge on any atom is -0.305 e. The highest BCUT2D eigenvalue weighted by molar-refractivity contribution is 6.31. The fourth-order valence-electron chi connectivity index (χ4n) is 1.86. The van der Waals surface area contributed by atoms with Crippen LogP contribution in [0.2, 0.25) is 5.02 Å². The van der Waals surface area contributed by atoms with E-state index in [2.05, 4.69) is 28.3 Å². The van der Waals surface area contributed by atoms with E-state index in [1.807, 2.05) is 25.1 Å². The first-order valence-corrected chi connectivity index (χ1v) is 6.35. The van der Waals surface area contributed by atoms with Gasteiger partial charge in [0.05, 0.1) is 11.7 Å². The van der Waals surface area contributed by atoms with Crippen molar-refractivity contribution >= 4 is 11.6 Å². The van der Waals surface area contributed by atoms with Crippen molar-refractivity contribution in [2.75, 3.05) is 6.54 Å². The highest BCUT2D eigenvalue weighted by atomic mass is 35.5. The van der Waals surface area contributed by atoms with Crippen LogP contribution in [0.5, 0.6) is 0 Å². The average molecular weight is 262 g/mol. The van der Waals surface area contributed by atoms with Gasteiger partial charge in [-0.1, -0.05) is 30.7 Å². The van der Waals surface area contributed by atoms with Crippen LogP contribution in [0.3, 0.4) is 0 Å². The number of benzene rings is 1. The minimum absolute atomic E-state index is 0.0519. The maximum absolute atomic E-state index is 6.18. The smallest absolute Gasteiger partial charge is 0.115 e. The average Bonchev–Trinajstić information content (AvgIpc) is 2.40. The fourth-order valence-corrected chi connectivity index (χ4v) is 2.05. The lowest BCUT2D eigenvalue weighted by atomic mass is 10.0. The molecule has 2 rings (SSSR count). The third-order valence-corrected chi connectivity index (χ3v) is 3.25. The first-order valence-electron chi connectivity index (χ1n) is 5.97. The lowest BCUT2D eigenvalue weighted by molar-refractivity contribution is 0.614. The zero-order valence-electron chi connectivity index (χ0n) is 10.5. The maximum atomic E-state index is 6.18. The number of nitrogens with one attached hydrogen (secondary N) is 1. The summed E-state index contributed by atoms with van der Waals surface area (Å²) in [6, 6.07) is 8.07. The van der Waals surface area contributed by atoms with Crippen LogP contribution in [0.4, 0.5) is 0 Å². The SMILES string of the molecule is CCNC(c1ccc(C)c(Cl)c1)c1ccncn1. The molecule has 1 N–H and O–H groups in total. The van der Waals surface area contributed by atoms with E-state index in [9.17, 15) is 0 Å². The number of aromatic nitrogens is 2. The van der Waals surface area contributed by atoms with E-state index < -0.39 is 0 Å². The van der Waals surface area contributed by atoms with Gasteiger partial charge in [-0.25, -0.2) is 9.97 Å². The van der Waals surface area contributed by atoms with Gasteiger partial charge < -0.3 is 5.32 Å². The van der Waals surface area contributed by atoms with E-state index in [1.54, 1.807) is 12.5 Å². The Kier molecular flexibility index (Phi) is 4.28. The third kappa shape index (κ3) is 2.86. The number of nitrogens with zero attached hydrogens (tertiary/aromatic N) is 2. The molecule has 0 bridgehead atoms. The molecule has 0 radical (unpaired) electrons. The summed E-state index contributed by atoms with van der Waals surface area (Å²) in [6.07, 6.45) is 3.32. The molecule has 94 valence electrons. The zero-order valence-corrected chi connectivity index (χ0v) is 11.3. The fraction of sp³-hybridized carbons (Fsp3) is 0.286. The molecule has 0 aliphatic rings. The van der Waals surface area contributed by atoms with Crippen LogP contribution in [-0.2, 0) is 0 Å². The Bertz CT molecular complexity index is 514. The lowest BCUT2D eigenvalue weighted by Gasteiger charge is -2.18. The molecule has 1 unspecified atom stereocenters. The van der Waals surface area contributed by atoms with Crippen LogP contribution in [0.25, 0.3) is 0 Å². The van der Waals surface area contributed by atoms with E-state index in [1.165, 1.54) is 0 Å². The second kappa shape index (κ2) is 5.94. The van der Waals surface area contributed by atoms with Gasteiger partial charge in [0.2, 0.25) is 0 Å². The van der Waals surface area contributed by atoms with Gasteiger partial charge in [0.1, 0.15) is 6.33 Å². The summed E-state index contributed by atoms with van der Waals surface area (Å²) < 4.78 is 0. The van der Waals surface area contributed by atoms with Crippen molar-refractivity contribution in [3.8, 4) is 0 Å². The molecule has 0 saturated carbocycles. The largest absolute Gasteiger partial charge is 0.305 e. The molecular formula is C14H16ClN3. The van der Waals surface area contributed by atoms with Crippen molar-refractivity contribution in [2.24, 2.45) is 0 Å². The molecule has 0 fully saturated rings. The molecule has 0 aliphatic heterocycles. The number of hydrogen-bond donors (Lipinski definition) is 1. The first-order chi connectivity index (χ1) is 8.72. The van der Waals surface area contributed by atoms with Crippen LogP contribution in [0, 0.1) is 6.92 Å². The molecule has 4 heteroatoms. The molecule has 0 saturated heterocycles. The summed E-state index contributed by atoms with van der Waals surface area (Å²) in [5.74, 6) is 0. The van der Waals surface area contributed by atoms with Gasteiger partial charge in [0, 0.05) is 11.2 Å². The number of hydrogen-bond acceptors (Lipinski definition) is 3. The van der Waals surface area contributed by atoms with Crippen LogP contribution in [-0.4, -0.2) is 16.5 Å². The molecule has 0 amide bonds. The lowest BCUT2D eigenvalue weighted by Crippen LogP contribution is -2.23. The molecule has 3 nitrogen and oxygen atoms in total. The van der Waals surface area contributed by atoms with Gasteiger partial charge in [-0.2, -0.15) is 0 Å². The molecule has 1 aromatic heterocycles. The normalized spacial score (nSPS) is 12.4. The van der Waals surface area contributed by atoms with Gasteiger partial charge in [0.25, 0.3) is 0 Å². The summed E-state index contributed by atoms with van der Waals surface area (Å²) >= 11 is 6.18. The predicted molar refractivity (Wildman–Crippen MR) is 73.7 cm³/mol. The van der Waals surface area contributed by atoms with Gasteiger partial charge in [0.15, 0.2) is 0 Å². The Labute approximate surface area is 112 Å². The van der Waals surface area contributed by atoms with E-state index in [0.29, 0.717) is 0 Å². The molecule has 1 heterocycles. The van der Waals surface area contributed by atoms with Crippen molar-refractivity contribution < 1.29 is 0 Å². The first kappa shape index (κ1) is 13.0. The summed E-state index contributed by atoms with van der Waals surface area (Å²) in [6.45, 7) is 4.93. The Hall–Kier alpha value is -1.45. The van der Waals surface area contributed by atoms with Crippen molar-refractivity contribution in [3.63, 3.8) is 0 Å². The molecule has 1 atom stereocenters. The summed E-state index contributed by atoms with van der Waals surface area (Å²) in [7, 11) is 0. The molecule has 18 heavy (non-hydrogen) atoms. The van der Waals surface area contributed by atoms with E-state index >= 15 is 0 Å². The van der Waals surface area contributed by atoms with E-state index in [-0.39, 0.29) is 6.04 Å². The molecule has 0 aliphatic carbocycles. The van der Waals surface area contributed by atoms with Crippen LogP contribution in [0.15, 0.2) is 36.8 Å². The second-order valence-electron chi connectivity index (χ2n) is 4.13. The highest BCUT2D eigenvalue weighted by Gasteiger charge is 2.14. The Morgan fingerprint density at radius 3 is 2.78 bits per heavy atom. The van der Waals surface area contributed by atoms with Crippen molar-refractivity contribution in [3.05, 3.63) is 58.6 Å². The van der Waals surface area contributed by atoms with Crippen molar-refractivity contribution in [1.29, 1.82) is 0 Å². The molecule has 2 aromatic rings. The number of halogens is 1. The standard InChI is InChI=1S/C14H16ClN3/c1-3-17-14(13-6-7-16-9-18-13)11-5-4-10(2)12(15)8-11/h4-9,14,17H,3H2,1-2H3.